The van der Waals surface area contributed by atoms with Gasteiger partial charge in [-0.3, -0.25) is 9.69 Å². The monoisotopic (exact) mass is 843 g/mol. The van der Waals surface area contributed by atoms with Crippen molar-refractivity contribution >= 4 is 51.7 Å². The van der Waals surface area contributed by atoms with E-state index < -0.39 is 0 Å². The van der Waals surface area contributed by atoms with Crippen LogP contribution in [0.4, 0.5) is 0 Å². The summed E-state index contributed by atoms with van der Waals surface area (Å²) in [6, 6.07) is 31.9. The van der Waals surface area contributed by atoms with Crippen LogP contribution in [-0.4, -0.2) is 46.9 Å². The smallest absolute Gasteiger partial charge is 0.249 e. The Hall–Kier alpha value is -4.34. The molecule has 0 atom stereocenters. The number of rotatable bonds is 13. The van der Waals surface area contributed by atoms with E-state index in [1.807, 2.05) is 74.2 Å². The van der Waals surface area contributed by atoms with Gasteiger partial charge < -0.3 is 19.1 Å². The number of ether oxygens (including phenoxy) is 3. The summed E-state index contributed by atoms with van der Waals surface area (Å²) in [6.07, 6.45) is 1.61. The summed E-state index contributed by atoms with van der Waals surface area (Å²) in [5.74, 6) is 2.93. The molecule has 1 aliphatic heterocycles. The molecule has 4 aromatic carbocycles. The second-order valence-electron chi connectivity index (χ2n) is 14.1. The molecule has 0 bridgehead atoms. The predicted molar refractivity (Wildman–Crippen MR) is 228 cm³/mol. The topological polar surface area (TPSA) is 64.1 Å². The molecular weight excluding hydrogens is 797 g/mol. The number of nitrogens with zero attached hydrogens (tertiary/aromatic N) is 3. The molecule has 10 heteroatoms. The van der Waals surface area contributed by atoms with E-state index in [0.717, 1.165) is 53.2 Å². The van der Waals surface area contributed by atoms with Gasteiger partial charge >= 0.3 is 0 Å². The maximum absolute atomic E-state index is 13.6. The molecule has 1 saturated heterocycles. The molecule has 1 aliphatic rings. The first-order chi connectivity index (χ1) is 26.0. The number of carbonyl (C=O) groups excluding carboxylic acids is 1. The molecule has 288 valence electrons. The van der Waals surface area contributed by atoms with Crippen molar-refractivity contribution < 1.29 is 19.0 Å². The van der Waals surface area contributed by atoms with Gasteiger partial charge in [-0.1, -0.05) is 91.6 Å². The quantitative estimate of drug-likeness (QED) is 0.110. The van der Waals surface area contributed by atoms with Crippen LogP contribution in [-0.2, 0) is 24.6 Å². The Morgan fingerprint density at radius 1 is 0.782 bits per heavy atom. The Bertz CT molecular complexity index is 2060. The van der Waals surface area contributed by atoms with Gasteiger partial charge in [0.2, 0.25) is 11.8 Å². The first-order valence-electron chi connectivity index (χ1n) is 18.3. The highest BCUT2D eigenvalue weighted by molar-refractivity contribution is 8.93. The predicted octanol–water partition coefficient (Wildman–Crippen LogP) is 11.5. The minimum atomic E-state index is 0. The van der Waals surface area contributed by atoms with Crippen LogP contribution in [0.2, 0.25) is 10.0 Å². The average Bonchev–Trinajstić information content (AvgIpc) is 3.18. The maximum atomic E-state index is 13.6. The first kappa shape index (κ1) is 41.8. The van der Waals surface area contributed by atoms with Crippen LogP contribution in [0.5, 0.6) is 23.1 Å². The Morgan fingerprint density at radius 2 is 1.44 bits per heavy atom. The Balaban J connectivity index is 0.00000580. The summed E-state index contributed by atoms with van der Waals surface area (Å²) < 4.78 is 17.9. The number of aromatic nitrogens is 1. The maximum Gasteiger partial charge on any atom is 0.249 e. The lowest BCUT2D eigenvalue weighted by Gasteiger charge is -2.35. The van der Waals surface area contributed by atoms with E-state index in [0.29, 0.717) is 65.2 Å². The Kier molecular flexibility index (Phi) is 14.8. The first-order valence-corrected chi connectivity index (χ1v) is 19.1. The normalized spacial score (nSPS) is 13.6. The largest absolute Gasteiger partial charge is 0.489 e. The van der Waals surface area contributed by atoms with Crippen LogP contribution >= 0.6 is 40.2 Å². The summed E-state index contributed by atoms with van der Waals surface area (Å²) in [5.41, 5.74) is 7.89. The minimum Gasteiger partial charge on any atom is -0.489 e. The van der Waals surface area contributed by atoms with Crippen molar-refractivity contribution in [3.05, 3.63) is 152 Å². The lowest BCUT2D eigenvalue weighted by molar-refractivity contribution is -0.128. The number of carbonyl (C=O) groups is 1. The van der Waals surface area contributed by atoms with Gasteiger partial charge in [-0.25, -0.2) is 4.98 Å². The van der Waals surface area contributed by atoms with Gasteiger partial charge in [-0.2, -0.15) is 0 Å². The number of pyridine rings is 1. The third-order valence-electron chi connectivity index (χ3n) is 9.85. The lowest BCUT2D eigenvalue weighted by atomic mass is 9.99. The van der Waals surface area contributed by atoms with E-state index in [-0.39, 0.29) is 22.9 Å². The molecule has 5 aromatic rings. The fourth-order valence-corrected chi connectivity index (χ4v) is 6.80. The number of hydrogen-bond donors (Lipinski definition) is 0. The summed E-state index contributed by atoms with van der Waals surface area (Å²) in [4.78, 5) is 22.4. The number of aryl methyl sites for hydroxylation is 1. The van der Waals surface area contributed by atoms with Crippen LogP contribution < -0.4 is 14.2 Å². The van der Waals surface area contributed by atoms with Gasteiger partial charge in [0.1, 0.15) is 24.7 Å². The number of allylic oxidation sites excluding steroid dienone is 1. The van der Waals surface area contributed by atoms with Crippen molar-refractivity contribution in [2.24, 2.45) is 0 Å². The molecule has 1 amide bonds. The van der Waals surface area contributed by atoms with Crippen LogP contribution in [0.1, 0.15) is 67.0 Å². The van der Waals surface area contributed by atoms with Crippen LogP contribution in [0.3, 0.4) is 0 Å². The number of halogens is 3. The molecule has 0 radical (unpaired) electrons. The molecule has 0 aliphatic carbocycles. The highest BCUT2D eigenvalue weighted by atomic mass is 79.9. The number of benzene rings is 4. The fourth-order valence-electron chi connectivity index (χ4n) is 6.31. The summed E-state index contributed by atoms with van der Waals surface area (Å²) in [5, 5.41) is 1.10. The van der Waals surface area contributed by atoms with Crippen molar-refractivity contribution in [2.75, 3.05) is 26.2 Å². The van der Waals surface area contributed by atoms with Crippen molar-refractivity contribution in [3.63, 3.8) is 0 Å². The van der Waals surface area contributed by atoms with Gasteiger partial charge in [0.15, 0.2) is 5.75 Å². The van der Waals surface area contributed by atoms with Crippen molar-refractivity contribution in [3.8, 4) is 23.1 Å². The molecule has 0 unspecified atom stereocenters. The Labute approximate surface area is 345 Å². The third kappa shape index (κ3) is 11.1. The molecule has 6 rings (SSSR count). The van der Waals surface area contributed by atoms with Gasteiger partial charge in [0, 0.05) is 54.9 Å². The van der Waals surface area contributed by atoms with E-state index in [2.05, 4.69) is 60.1 Å². The van der Waals surface area contributed by atoms with Crippen LogP contribution in [0.15, 0.2) is 109 Å². The number of hydrogen-bond acceptors (Lipinski definition) is 6. The van der Waals surface area contributed by atoms with E-state index in [4.69, 9.17) is 37.4 Å². The van der Waals surface area contributed by atoms with Gasteiger partial charge in [0.25, 0.3) is 0 Å². The summed E-state index contributed by atoms with van der Waals surface area (Å²) >= 11 is 13.0. The molecule has 7 nitrogen and oxygen atoms in total. The molecule has 1 aromatic heterocycles. The van der Waals surface area contributed by atoms with Crippen molar-refractivity contribution in [1.29, 1.82) is 0 Å². The second-order valence-corrected chi connectivity index (χ2v) is 14.9. The highest BCUT2D eigenvalue weighted by Crippen LogP contribution is 2.36. The van der Waals surface area contributed by atoms with E-state index in [9.17, 15) is 4.79 Å². The molecular formula is C45H48BrCl2N3O4. The van der Waals surface area contributed by atoms with E-state index in [1.54, 1.807) is 18.3 Å². The summed E-state index contributed by atoms with van der Waals surface area (Å²) in [7, 11) is 0. The standard InChI is InChI=1S/C45H47Cl2N3O4.BrH/c1-30(2)36-14-16-39(17-15-36)52-28-35-12-10-34(11-13-35)27-49-20-22-50(23-21-49)45(51)33(5)32(4)38-24-31(3)44(42(47)25-38)54-43-19-18-40(26-48-43)53-29-37-8-6-7-9-41(37)46;/h6-19,24-26,30H,20-23,27-29H2,1-5H3;1H/b33-32+;. The van der Waals surface area contributed by atoms with Crippen LogP contribution in [0.25, 0.3) is 5.57 Å². The van der Waals surface area contributed by atoms with Crippen molar-refractivity contribution in [2.45, 2.75) is 60.3 Å². The molecule has 55 heavy (non-hydrogen) atoms. The van der Waals surface area contributed by atoms with E-state index >= 15 is 0 Å². The molecule has 0 N–H and O–H groups in total. The Morgan fingerprint density at radius 3 is 2.07 bits per heavy atom. The van der Waals surface area contributed by atoms with Gasteiger partial charge in [-0.05, 0) is 96.5 Å². The molecule has 0 spiro atoms. The average molecular weight is 846 g/mol. The van der Waals surface area contributed by atoms with Gasteiger partial charge in [-0.15, -0.1) is 17.0 Å². The number of piperazine rings is 1. The zero-order valence-electron chi connectivity index (χ0n) is 32.0. The second kappa shape index (κ2) is 19.5. The SMILES string of the molecule is Br.C/C(C(=O)N1CCN(Cc2ccc(COc3ccc(C(C)C)cc3)cc2)CC1)=C(/C)c1cc(C)c(Oc2ccc(OCc3ccccc3Cl)cn2)c(Cl)c1. The van der Waals surface area contributed by atoms with Gasteiger partial charge in [0.05, 0.1) is 11.2 Å². The van der Waals surface area contributed by atoms with Crippen molar-refractivity contribution in [1.82, 2.24) is 14.8 Å². The minimum absolute atomic E-state index is 0. The summed E-state index contributed by atoms with van der Waals surface area (Å²) in [6.45, 7) is 14.9. The molecule has 1 fully saturated rings. The molecule has 0 saturated carbocycles. The lowest BCUT2D eigenvalue weighted by Crippen LogP contribution is -2.48. The zero-order valence-corrected chi connectivity index (χ0v) is 35.2. The molecule has 2 heterocycles. The van der Waals surface area contributed by atoms with Crippen LogP contribution in [0, 0.1) is 6.92 Å². The zero-order chi connectivity index (χ0) is 38.2. The van der Waals surface area contributed by atoms with E-state index in [1.165, 1.54) is 11.1 Å². The third-order valence-corrected chi connectivity index (χ3v) is 10.5. The number of amides is 1. The fraction of sp³-hybridized carbons (Fsp3) is 0.289. The highest BCUT2D eigenvalue weighted by Gasteiger charge is 2.24.